The number of amidine groups is 1. The third-order valence-corrected chi connectivity index (χ3v) is 4.23. The van der Waals surface area contributed by atoms with Gasteiger partial charge in [0, 0.05) is 0 Å². The fraction of sp³-hybridized carbons (Fsp3) is 0.300. The number of nitrogens with one attached hydrogen (secondary N) is 2. The lowest BCUT2D eigenvalue weighted by Crippen LogP contribution is -2.53. The molecule has 1 heterocycles. The molecule has 0 aliphatic carbocycles. The molecule has 0 saturated carbocycles. The number of nitrogens with zero attached hydrogens (tertiary/aromatic N) is 1. The molecule has 5 nitrogen and oxygen atoms in total. The molecule has 2 aromatic carbocycles. The van der Waals surface area contributed by atoms with E-state index in [0.29, 0.717) is 12.4 Å². The Balaban J connectivity index is 1.54. The summed E-state index contributed by atoms with van der Waals surface area (Å²) in [6.45, 7) is 4.46. The highest BCUT2D eigenvalue weighted by molar-refractivity contribution is 5.95. The number of halogens is 1. The number of hydrogen-bond acceptors (Lipinski definition) is 4. The number of amides is 1. The Morgan fingerprint density at radius 2 is 1.92 bits per heavy atom. The number of benzene rings is 2. The van der Waals surface area contributed by atoms with Gasteiger partial charge in [-0.25, -0.2) is 9.18 Å². The monoisotopic (exact) mass is 355 g/mol. The largest absolute Gasteiger partial charge is 0.445 e. The molecule has 136 valence electrons. The summed E-state index contributed by atoms with van der Waals surface area (Å²) in [6.07, 6.45) is -0.506. The van der Waals surface area contributed by atoms with Gasteiger partial charge in [-0.3, -0.25) is 4.99 Å². The summed E-state index contributed by atoms with van der Waals surface area (Å²) >= 11 is 0. The van der Waals surface area contributed by atoms with E-state index in [4.69, 9.17) is 4.74 Å². The quantitative estimate of drug-likeness (QED) is 0.862. The maximum Gasteiger partial charge on any atom is 0.408 e. The van der Waals surface area contributed by atoms with Crippen molar-refractivity contribution in [3.63, 3.8) is 0 Å². The standard InChI is InChI=1S/C20H22FN3O2/c1-20(2,24-19(25)26-13-14-6-4-3-5-7-14)18-22-12-17(23-18)15-8-10-16(21)11-9-15/h3-11,17H,12-13H2,1-2H3,(H,22,23)(H,24,25). The van der Waals surface area contributed by atoms with E-state index in [-0.39, 0.29) is 18.5 Å². The van der Waals surface area contributed by atoms with Gasteiger partial charge in [0.2, 0.25) is 0 Å². The van der Waals surface area contributed by atoms with E-state index in [9.17, 15) is 9.18 Å². The molecule has 1 amide bonds. The van der Waals surface area contributed by atoms with Crippen molar-refractivity contribution in [3.8, 4) is 0 Å². The van der Waals surface area contributed by atoms with Crippen LogP contribution in [0.3, 0.4) is 0 Å². The lowest BCUT2D eigenvalue weighted by Gasteiger charge is -2.27. The van der Waals surface area contributed by atoms with Crippen LogP contribution in [-0.2, 0) is 11.3 Å². The Hall–Kier alpha value is -2.89. The molecule has 1 aliphatic rings. The van der Waals surface area contributed by atoms with E-state index in [1.807, 2.05) is 44.2 Å². The summed E-state index contributed by atoms with van der Waals surface area (Å²) in [6, 6.07) is 15.8. The van der Waals surface area contributed by atoms with Crippen LogP contribution in [0.5, 0.6) is 0 Å². The highest BCUT2D eigenvalue weighted by atomic mass is 19.1. The first-order valence-corrected chi connectivity index (χ1v) is 8.50. The molecule has 0 saturated heterocycles. The summed E-state index contributed by atoms with van der Waals surface area (Å²) in [5.74, 6) is 0.402. The summed E-state index contributed by atoms with van der Waals surface area (Å²) in [4.78, 5) is 16.6. The molecule has 2 aromatic rings. The van der Waals surface area contributed by atoms with E-state index in [1.54, 1.807) is 12.1 Å². The average Bonchev–Trinajstić information content (AvgIpc) is 3.12. The van der Waals surface area contributed by atoms with Gasteiger partial charge in [-0.15, -0.1) is 0 Å². The Labute approximate surface area is 152 Å². The number of rotatable bonds is 5. The molecule has 1 unspecified atom stereocenters. The molecule has 0 radical (unpaired) electrons. The summed E-state index contributed by atoms with van der Waals surface area (Å²) < 4.78 is 18.3. The molecule has 0 spiro atoms. The Morgan fingerprint density at radius 3 is 2.62 bits per heavy atom. The van der Waals surface area contributed by atoms with E-state index >= 15 is 0 Å². The van der Waals surface area contributed by atoms with Crippen molar-refractivity contribution in [1.29, 1.82) is 0 Å². The first-order chi connectivity index (χ1) is 12.4. The Bertz CT molecular complexity index is 788. The van der Waals surface area contributed by atoms with E-state index in [1.165, 1.54) is 12.1 Å². The molecule has 0 fully saturated rings. The first-order valence-electron chi connectivity index (χ1n) is 8.50. The van der Waals surface area contributed by atoms with Crippen LogP contribution in [0.2, 0.25) is 0 Å². The number of carbonyl (C=O) groups is 1. The third kappa shape index (κ3) is 4.39. The topological polar surface area (TPSA) is 62.7 Å². The van der Waals surface area contributed by atoms with Crippen LogP contribution in [0.15, 0.2) is 59.6 Å². The number of hydrogen-bond donors (Lipinski definition) is 2. The van der Waals surface area contributed by atoms with E-state index in [2.05, 4.69) is 15.6 Å². The van der Waals surface area contributed by atoms with Gasteiger partial charge in [-0.2, -0.15) is 0 Å². The van der Waals surface area contributed by atoms with Crippen LogP contribution in [0.25, 0.3) is 0 Å². The summed E-state index contributed by atoms with van der Waals surface area (Å²) in [5, 5.41) is 6.14. The number of alkyl carbamates (subject to hydrolysis) is 1. The van der Waals surface area contributed by atoms with Crippen molar-refractivity contribution in [3.05, 3.63) is 71.5 Å². The lowest BCUT2D eigenvalue weighted by molar-refractivity contribution is 0.134. The predicted molar refractivity (Wildman–Crippen MR) is 98.4 cm³/mol. The van der Waals surface area contributed by atoms with Gasteiger partial charge in [0.15, 0.2) is 0 Å². The highest BCUT2D eigenvalue weighted by Crippen LogP contribution is 2.21. The van der Waals surface area contributed by atoms with Gasteiger partial charge in [-0.05, 0) is 37.1 Å². The number of ether oxygens (including phenoxy) is 1. The van der Waals surface area contributed by atoms with Gasteiger partial charge < -0.3 is 15.4 Å². The SMILES string of the molecule is CC(C)(NC(=O)OCc1ccccc1)C1=NCC(c2ccc(F)cc2)N1. The smallest absolute Gasteiger partial charge is 0.408 e. The van der Waals surface area contributed by atoms with Gasteiger partial charge in [0.05, 0.1) is 18.1 Å². The molecule has 2 N–H and O–H groups in total. The van der Waals surface area contributed by atoms with Crippen molar-refractivity contribution < 1.29 is 13.9 Å². The van der Waals surface area contributed by atoms with Gasteiger partial charge in [0.1, 0.15) is 18.3 Å². The fourth-order valence-electron chi connectivity index (χ4n) is 2.77. The predicted octanol–water partition coefficient (Wildman–Crippen LogP) is 3.57. The molecular formula is C20H22FN3O2. The second kappa shape index (κ2) is 7.56. The zero-order valence-corrected chi connectivity index (χ0v) is 14.8. The van der Waals surface area contributed by atoms with Crippen molar-refractivity contribution in [2.45, 2.75) is 32.0 Å². The second-order valence-corrected chi connectivity index (χ2v) is 6.75. The molecule has 0 bridgehead atoms. The molecule has 26 heavy (non-hydrogen) atoms. The Kier molecular flexibility index (Phi) is 5.21. The highest BCUT2D eigenvalue weighted by Gasteiger charge is 2.33. The van der Waals surface area contributed by atoms with Crippen molar-refractivity contribution >= 4 is 11.9 Å². The van der Waals surface area contributed by atoms with Gasteiger partial charge in [-0.1, -0.05) is 42.5 Å². The Morgan fingerprint density at radius 1 is 1.23 bits per heavy atom. The molecule has 6 heteroatoms. The minimum atomic E-state index is -0.706. The molecule has 1 aliphatic heterocycles. The fourth-order valence-corrected chi connectivity index (χ4v) is 2.77. The maximum absolute atomic E-state index is 13.1. The summed E-state index contributed by atoms with van der Waals surface area (Å²) in [7, 11) is 0. The van der Waals surface area contributed by atoms with Gasteiger partial charge in [0.25, 0.3) is 0 Å². The summed E-state index contributed by atoms with van der Waals surface area (Å²) in [5.41, 5.74) is 1.17. The first kappa shape index (κ1) is 17.9. The number of carbonyl (C=O) groups excluding carboxylic acids is 1. The minimum absolute atomic E-state index is 0.0352. The molecule has 0 aromatic heterocycles. The molecule has 1 atom stereocenters. The van der Waals surface area contributed by atoms with Gasteiger partial charge >= 0.3 is 6.09 Å². The van der Waals surface area contributed by atoms with Crippen LogP contribution in [0.4, 0.5) is 9.18 Å². The third-order valence-electron chi connectivity index (χ3n) is 4.23. The van der Waals surface area contributed by atoms with Crippen molar-refractivity contribution in [2.75, 3.05) is 6.54 Å². The van der Waals surface area contributed by atoms with Crippen molar-refractivity contribution in [1.82, 2.24) is 10.6 Å². The van der Waals surface area contributed by atoms with E-state index < -0.39 is 11.6 Å². The maximum atomic E-state index is 13.1. The molecule has 3 rings (SSSR count). The zero-order chi connectivity index (χ0) is 18.6. The normalized spacial score (nSPS) is 16.6. The van der Waals surface area contributed by atoms with Crippen LogP contribution >= 0.6 is 0 Å². The molecular weight excluding hydrogens is 333 g/mol. The van der Waals surface area contributed by atoms with Crippen LogP contribution in [0, 0.1) is 5.82 Å². The van der Waals surface area contributed by atoms with Crippen LogP contribution in [0.1, 0.15) is 31.0 Å². The number of aliphatic imine (C=N–C) groups is 1. The lowest BCUT2D eigenvalue weighted by atomic mass is 10.0. The zero-order valence-electron chi connectivity index (χ0n) is 14.8. The second-order valence-electron chi connectivity index (χ2n) is 6.75. The van der Waals surface area contributed by atoms with Crippen LogP contribution < -0.4 is 10.6 Å². The average molecular weight is 355 g/mol. The van der Waals surface area contributed by atoms with Crippen LogP contribution in [-0.4, -0.2) is 24.0 Å². The van der Waals surface area contributed by atoms with Crippen molar-refractivity contribution in [2.24, 2.45) is 4.99 Å². The minimum Gasteiger partial charge on any atom is -0.445 e. The van der Waals surface area contributed by atoms with E-state index in [0.717, 1.165) is 11.1 Å².